The number of aromatic nitrogens is 2. The van der Waals surface area contributed by atoms with Crippen LogP contribution in [0, 0.1) is 5.92 Å². The van der Waals surface area contributed by atoms with Gasteiger partial charge < -0.3 is 0 Å². The summed E-state index contributed by atoms with van der Waals surface area (Å²) in [6.07, 6.45) is -1.05. The van der Waals surface area contributed by atoms with E-state index in [1.807, 2.05) is 0 Å². The Morgan fingerprint density at radius 3 is 2.54 bits per heavy atom. The zero-order valence-corrected chi connectivity index (χ0v) is 6.62. The fourth-order valence-electron chi connectivity index (χ4n) is 1.45. The molecule has 1 aliphatic carbocycles. The third kappa shape index (κ3) is 1.64. The van der Waals surface area contributed by atoms with Crippen molar-refractivity contribution in [2.45, 2.75) is 18.5 Å². The fourth-order valence-corrected chi connectivity index (χ4v) is 1.45. The number of hydrogen-bond acceptors (Lipinski definition) is 2. The van der Waals surface area contributed by atoms with Gasteiger partial charge in [-0.25, -0.2) is 0 Å². The standard InChI is InChI=1S/C8H7F3N2/c9-8(10,11)7-3-6(7)5-1-2-12-13-4-5/h1-2,4,6-7H,3H2/t6-,7+/m1/s1. The molecule has 0 unspecified atom stereocenters. The summed E-state index contributed by atoms with van der Waals surface area (Å²) in [6, 6.07) is 1.59. The summed E-state index contributed by atoms with van der Waals surface area (Å²) in [5, 5.41) is 7.06. The quantitative estimate of drug-likeness (QED) is 0.674. The van der Waals surface area contributed by atoms with E-state index in [0.717, 1.165) is 0 Å². The molecule has 70 valence electrons. The van der Waals surface area contributed by atoms with Gasteiger partial charge in [-0.1, -0.05) is 0 Å². The molecule has 1 saturated carbocycles. The van der Waals surface area contributed by atoms with Crippen LogP contribution in [-0.4, -0.2) is 16.4 Å². The third-order valence-electron chi connectivity index (χ3n) is 2.25. The predicted octanol–water partition coefficient (Wildman–Crippen LogP) is 2.14. The molecule has 0 spiro atoms. The van der Waals surface area contributed by atoms with E-state index in [1.54, 1.807) is 6.07 Å². The van der Waals surface area contributed by atoms with Crippen LogP contribution in [0.2, 0.25) is 0 Å². The lowest BCUT2D eigenvalue weighted by atomic mass is 10.2. The van der Waals surface area contributed by atoms with Gasteiger partial charge in [-0.2, -0.15) is 23.4 Å². The number of nitrogens with zero attached hydrogens (tertiary/aromatic N) is 2. The van der Waals surface area contributed by atoms with E-state index in [0.29, 0.717) is 5.56 Å². The lowest BCUT2D eigenvalue weighted by molar-refractivity contribution is -0.148. The van der Waals surface area contributed by atoms with Gasteiger partial charge in [0.1, 0.15) is 0 Å². The summed E-state index contributed by atoms with van der Waals surface area (Å²) in [4.78, 5) is 0. The van der Waals surface area contributed by atoms with E-state index < -0.39 is 18.0 Å². The van der Waals surface area contributed by atoms with Crippen molar-refractivity contribution in [2.24, 2.45) is 5.92 Å². The van der Waals surface area contributed by atoms with Gasteiger partial charge in [-0.3, -0.25) is 0 Å². The van der Waals surface area contributed by atoms with Crippen molar-refractivity contribution < 1.29 is 13.2 Å². The molecular weight excluding hydrogens is 181 g/mol. The molecule has 1 aromatic heterocycles. The summed E-state index contributed by atoms with van der Waals surface area (Å²) in [7, 11) is 0. The van der Waals surface area contributed by atoms with Crippen LogP contribution in [0.3, 0.4) is 0 Å². The molecule has 2 rings (SSSR count). The van der Waals surface area contributed by atoms with E-state index in [4.69, 9.17) is 0 Å². The highest BCUT2D eigenvalue weighted by molar-refractivity contribution is 5.21. The summed E-state index contributed by atoms with van der Waals surface area (Å²) in [5.41, 5.74) is 0.636. The molecule has 1 aliphatic rings. The van der Waals surface area contributed by atoms with Gasteiger partial charge in [-0.15, -0.1) is 0 Å². The van der Waals surface area contributed by atoms with Crippen LogP contribution in [0.5, 0.6) is 0 Å². The highest BCUT2D eigenvalue weighted by Gasteiger charge is 2.56. The van der Waals surface area contributed by atoms with Gasteiger partial charge in [0.05, 0.1) is 12.1 Å². The Balaban J connectivity index is 2.09. The van der Waals surface area contributed by atoms with Crippen LogP contribution in [0.15, 0.2) is 18.5 Å². The summed E-state index contributed by atoms with van der Waals surface area (Å²) in [6.45, 7) is 0. The molecule has 2 nitrogen and oxygen atoms in total. The molecule has 0 amide bonds. The zero-order chi connectivity index (χ0) is 9.47. The predicted molar refractivity (Wildman–Crippen MR) is 38.9 cm³/mol. The minimum atomic E-state index is -4.06. The van der Waals surface area contributed by atoms with Gasteiger partial charge in [-0.05, 0) is 24.0 Å². The Bertz CT molecular complexity index is 296. The molecule has 1 fully saturated rings. The average molecular weight is 188 g/mol. The number of alkyl halides is 3. The van der Waals surface area contributed by atoms with Crippen LogP contribution in [0.25, 0.3) is 0 Å². The molecule has 0 saturated heterocycles. The maximum absolute atomic E-state index is 12.1. The van der Waals surface area contributed by atoms with E-state index >= 15 is 0 Å². The molecule has 0 N–H and O–H groups in total. The lowest BCUT2D eigenvalue weighted by Crippen LogP contribution is -2.11. The maximum atomic E-state index is 12.1. The van der Waals surface area contributed by atoms with Gasteiger partial charge in [0, 0.05) is 6.20 Å². The number of rotatable bonds is 1. The molecule has 1 heterocycles. The summed E-state index contributed by atoms with van der Waals surface area (Å²) in [5.74, 6) is -1.56. The van der Waals surface area contributed by atoms with Crippen molar-refractivity contribution in [1.82, 2.24) is 10.2 Å². The van der Waals surface area contributed by atoms with Crippen molar-refractivity contribution in [3.8, 4) is 0 Å². The van der Waals surface area contributed by atoms with E-state index in [9.17, 15) is 13.2 Å². The Kier molecular flexibility index (Phi) is 1.75. The average Bonchev–Trinajstić information content (AvgIpc) is 2.83. The first-order chi connectivity index (χ1) is 6.09. The summed E-state index contributed by atoms with van der Waals surface area (Å²) >= 11 is 0. The van der Waals surface area contributed by atoms with Gasteiger partial charge in [0.25, 0.3) is 0 Å². The van der Waals surface area contributed by atoms with Crippen molar-refractivity contribution in [3.05, 3.63) is 24.0 Å². The first-order valence-electron chi connectivity index (χ1n) is 3.92. The van der Waals surface area contributed by atoms with Crippen molar-refractivity contribution in [3.63, 3.8) is 0 Å². The molecule has 0 aliphatic heterocycles. The highest BCUT2D eigenvalue weighted by Crippen LogP contribution is 2.55. The van der Waals surface area contributed by atoms with Crippen LogP contribution in [-0.2, 0) is 0 Å². The first-order valence-corrected chi connectivity index (χ1v) is 3.92. The molecule has 0 radical (unpaired) electrons. The Hall–Kier alpha value is -1.13. The van der Waals surface area contributed by atoms with Crippen LogP contribution >= 0.6 is 0 Å². The topological polar surface area (TPSA) is 25.8 Å². The van der Waals surface area contributed by atoms with Gasteiger partial charge in [0.15, 0.2) is 0 Å². The first kappa shape index (κ1) is 8.47. The van der Waals surface area contributed by atoms with Crippen molar-refractivity contribution in [2.75, 3.05) is 0 Å². The maximum Gasteiger partial charge on any atom is 0.392 e. The molecule has 5 heteroatoms. The Labute approximate surface area is 72.8 Å². The fraction of sp³-hybridized carbons (Fsp3) is 0.500. The largest absolute Gasteiger partial charge is 0.392 e. The molecule has 2 atom stereocenters. The van der Waals surface area contributed by atoms with Crippen LogP contribution in [0.1, 0.15) is 17.9 Å². The van der Waals surface area contributed by atoms with Crippen molar-refractivity contribution >= 4 is 0 Å². The SMILES string of the molecule is FC(F)(F)[C@H]1C[C@@H]1c1ccnnc1. The van der Waals surface area contributed by atoms with Crippen molar-refractivity contribution in [1.29, 1.82) is 0 Å². The number of halogens is 3. The second-order valence-electron chi connectivity index (χ2n) is 3.17. The normalized spacial score (nSPS) is 27.3. The van der Waals surface area contributed by atoms with E-state index in [-0.39, 0.29) is 6.42 Å². The monoisotopic (exact) mass is 188 g/mol. The molecule has 0 aromatic carbocycles. The lowest BCUT2D eigenvalue weighted by Gasteiger charge is -2.04. The molecular formula is C8H7F3N2. The van der Waals surface area contributed by atoms with E-state index in [2.05, 4.69) is 10.2 Å². The Morgan fingerprint density at radius 2 is 2.08 bits per heavy atom. The number of hydrogen-bond donors (Lipinski definition) is 0. The molecule has 1 aromatic rings. The van der Waals surface area contributed by atoms with Crippen LogP contribution in [0.4, 0.5) is 13.2 Å². The minimum Gasteiger partial charge on any atom is -0.171 e. The zero-order valence-electron chi connectivity index (χ0n) is 6.62. The second-order valence-corrected chi connectivity index (χ2v) is 3.17. The third-order valence-corrected chi connectivity index (χ3v) is 2.25. The highest BCUT2D eigenvalue weighted by atomic mass is 19.4. The van der Waals surface area contributed by atoms with E-state index in [1.165, 1.54) is 12.4 Å². The summed E-state index contributed by atoms with van der Waals surface area (Å²) < 4.78 is 36.4. The second kappa shape index (κ2) is 2.68. The molecule has 13 heavy (non-hydrogen) atoms. The Morgan fingerprint density at radius 1 is 1.31 bits per heavy atom. The van der Waals surface area contributed by atoms with Crippen LogP contribution < -0.4 is 0 Å². The smallest absolute Gasteiger partial charge is 0.171 e. The van der Waals surface area contributed by atoms with Gasteiger partial charge in [0.2, 0.25) is 0 Å². The van der Waals surface area contributed by atoms with Gasteiger partial charge >= 0.3 is 6.18 Å². The molecule has 0 bridgehead atoms. The minimum absolute atomic E-state index is 0.190.